The van der Waals surface area contributed by atoms with Crippen LogP contribution in [0.2, 0.25) is 0 Å². The van der Waals surface area contributed by atoms with Gasteiger partial charge in [0.15, 0.2) is 0 Å². The van der Waals surface area contributed by atoms with Crippen LogP contribution in [0.4, 0.5) is 0 Å². The molecule has 0 aliphatic carbocycles. The van der Waals surface area contributed by atoms with Crippen LogP contribution >= 0.6 is 0 Å². The topological polar surface area (TPSA) is 0 Å². The van der Waals surface area contributed by atoms with Gasteiger partial charge < -0.3 is 0 Å². The predicted molar refractivity (Wildman–Crippen MR) is 138 cm³/mol. The van der Waals surface area contributed by atoms with Crippen molar-refractivity contribution >= 4 is 0 Å². The van der Waals surface area contributed by atoms with Gasteiger partial charge in [-0.05, 0) is 70.0 Å². The van der Waals surface area contributed by atoms with E-state index in [2.05, 4.69) is 135 Å². The lowest BCUT2D eigenvalue weighted by Crippen LogP contribution is -1.87. The van der Waals surface area contributed by atoms with Crippen LogP contribution in [0.15, 0.2) is 121 Å². The summed E-state index contributed by atoms with van der Waals surface area (Å²) in [5.74, 6) is 0. The number of hydrogen-bond acceptors (Lipinski definition) is 0. The Morgan fingerprint density at radius 3 is 1.56 bits per heavy atom. The molecule has 0 aliphatic rings. The maximum absolute atomic E-state index is 2.29. The highest BCUT2D eigenvalue weighted by atomic mass is 14.1. The molecule has 5 aromatic rings. The molecular weight excluding hydrogens is 384 g/mol. The van der Waals surface area contributed by atoms with Crippen molar-refractivity contribution in [1.29, 1.82) is 0 Å². The van der Waals surface area contributed by atoms with Crippen molar-refractivity contribution in [3.05, 3.63) is 132 Å². The summed E-state index contributed by atoms with van der Waals surface area (Å²) in [5.41, 5.74) is 12.6. The highest BCUT2D eigenvalue weighted by molar-refractivity contribution is 5.84. The van der Waals surface area contributed by atoms with Gasteiger partial charge in [0.05, 0.1) is 0 Å². The van der Waals surface area contributed by atoms with Gasteiger partial charge in [0.1, 0.15) is 0 Å². The minimum Gasteiger partial charge on any atom is -0.0620 e. The van der Waals surface area contributed by atoms with Crippen molar-refractivity contribution in [2.75, 3.05) is 0 Å². The monoisotopic (exact) mass is 410 g/mol. The van der Waals surface area contributed by atoms with Crippen LogP contribution in [0, 0.1) is 13.8 Å². The molecule has 0 bridgehead atoms. The van der Waals surface area contributed by atoms with E-state index in [0.717, 1.165) is 0 Å². The molecule has 0 fully saturated rings. The zero-order valence-electron chi connectivity index (χ0n) is 18.5. The van der Waals surface area contributed by atoms with E-state index in [-0.39, 0.29) is 0 Å². The van der Waals surface area contributed by atoms with E-state index in [1.807, 2.05) is 0 Å². The van der Waals surface area contributed by atoms with E-state index in [9.17, 15) is 0 Å². The van der Waals surface area contributed by atoms with Crippen molar-refractivity contribution < 1.29 is 0 Å². The van der Waals surface area contributed by atoms with Gasteiger partial charge in [-0.25, -0.2) is 0 Å². The average Bonchev–Trinajstić information content (AvgIpc) is 2.85. The molecule has 0 amide bonds. The molecule has 0 N–H and O–H groups in total. The maximum Gasteiger partial charge on any atom is -0.0105 e. The van der Waals surface area contributed by atoms with E-state index in [4.69, 9.17) is 0 Å². The van der Waals surface area contributed by atoms with Crippen molar-refractivity contribution in [1.82, 2.24) is 0 Å². The normalized spacial score (nSPS) is 10.8. The van der Waals surface area contributed by atoms with Crippen molar-refractivity contribution in [3.8, 4) is 44.5 Å². The smallest absolute Gasteiger partial charge is 0.0105 e. The minimum absolute atomic E-state index is 1.23. The Bertz CT molecular complexity index is 1370. The van der Waals surface area contributed by atoms with Crippen LogP contribution in [0.3, 0.4) is 0 Å². The molecule has 154 valence electrons. The third kappa shape index (κ3) is 4.00. The summed E-state index contributed by atoms with van der Waals surface area (Å²) in [6.45, 7) is 4.31. The van der Waals surface area contributed by atoms with E-state index < -0.39 is 0 Å². The first kappa shape index (κ1) is 20.0. The summed E-state index contributed by atoms with van der Waals surface area (Å²) < 4.78 is 0. The third-order valence-electron chi connectivity index (χ3n) is 6.10. The molecule has 0 spiro atoms. The molecule has 5 aromatic carbocycles. The fourth-order valence-corrected chi connectivity index (χ4v) is 4.40. The second kappa shape index (κ2) is 8.69. The Hall–Kier alpha value is -3.90. The van der Waals surface area contributed by atoms with Crippen LogP contribution in [-0.4, -0.2) is 0 Å². The largest absolute Gasteiger partial charge is 0.0620 e. The van der Waals surface area contributed by atoms with Gasteiger partial charge in [0, 0.05) is 0 Å². The Morgan fingerprint density at radius 1 is 0.344 bits per heavy atom. The molecular formula is C32H26. The standard InChI is InChI=1S/C32H26/c1-23-9-7-12-28(21-23)32-16-6-5-15-31(32)26-19-17-25(18-20-26)27-11-8-13-29(22-27)30-14-4-3-10-24(30)2/h3-22H,1-2H3. The zero-order valence-corrected chi connectivity index (χ0v) is 18.5. The van der Waals surface area contributed by atoms with Crippen LogP contribution in [0.1, 0.15) is 11.1 Å². The van der Waals surface area contributed by atoms with E-state index in [0.29, 0.717) is 0 Å². The highest BCUT2D eigenvalue weighted by Gasteiger charge is 2.08. The fourth-order valence-electron chi connectivity index (χ4n) is 4.40. The lowest BCUT2D eigenvalue weighted by Gasteiger charge is -2.12. The number of aryl methyl sites for hydroxylation is 2. The predicted octanol–water partition coefficient (Wildman–Crippen LogP) is 8.97. The maximum atomic E-state index is 2.29. The minimum atomic E-state index is 1.23. The van der Waals surface area contributed by atoms with Gasteiger partial charge in [-0.2, -0.15) is 0 Å². The third-order valence-corrected chi connectivity index (χ3v) is 6.10. The van der Waals surface area contributed by atoms with E-state index >= 15 is 0 Å². The van der Waals surface area contributed by atoms with E-state index in [1.54, 1.807) is 0 Å². The number of hydrogen-bond donors (Lipinski definition) is 0. The van der Waals surface area contributed by atoms with Crippen LogP contribution in [-0.2, 0) is 0 Å². The summed E-state index contributed by atoms with van der Waals surface area (Å²) in [4.78, 5) is 0. The summed E-state index contributed by atoms with van der Waals surface area (Å²) in [6, 6.07) is 43.7. The Kier molecular flexibility index (Phi) is 5.44. The molecule has 0 unspecified atom stereocenters. The SMILES string of the molecule is Cc1cccc(-c2ccccc2-c2ccc(-c3cccc(-c4ccccc4C)c3)cc2)c1. The second-order valence-electron chi connectivity index (χ2n) is 8.39. The Balaban J connectivity index is 1.50. The quantitative estimate of drug-likeness (QED) is 0.277. The van der Waals surface area contributed by atoms with Crippen LogP contribution in [0.5, 0.6) is 0 Å². The summed E-state index contributed by atoms with van der Waals surface area (Å²) in [7, 11) is 0. The van der Waals surface area contributed by atoms with Gasteiger partial charge in [0.25, 0.3) is 0 Å². The first-order valence-corrected chi connectivity index (χ1v) is 11.1. The molecule has 5 rings (SSSR count). The van der Waals surface area contributed by atoms with Crippen molar-refractivity contribution in [3.63, 3.8) is 0 Å². The molecule has 0 aliphatic heterocycles. The lowest BCUT2D eigenvalue weighted by molar-refractivity contribution is 1.46. The van der Waals surface area contributed by atoms with Gasteiger partial charge >= 0.3 is 0 Å². The molecule has 0 heterocycles. The molecule has 0 saturated heterocycles. The Labute approximate surface area is 190 Å². The summed E-state index contributed by atoms with van der Waals surface area (Å²) >= 11 is 0. The van der Waals surface area contributed by atoms with Crippen LogP contribution < -0.4 is 0 Å². The first-order valence-electron chi connectivity index (χ1n) is 11.1. The molecule has 0 nitrogen and oxygen atoms in total. The molecule has 0 aromatic heterocycles. The van der Waals surface area contributed by atoms with Crippen molar-refractivity contribution in [2.24, 2.45) is 0 Å². The fraction of sp³-hybridized carbons (Fsp3) is 0.0625. The van der Waals surface area contributed by atoms with Gasteiger partial charge in [0.2, 0.25) is 0 Å². The highest BCUT2D eigenvalue weighted by Crippen LogP contribution is 2.34. The second-order valence-corrected chi connectivity index (χ2v) is 8.39. The molecule has 0 atom stereocenters. The summed E-state index contributed by atoms with van der Waals surface area (Å²) in [6.07, 6.45) is 0. The first-order chi connectivity index (χ1) is 15.7. The van der Waals surface area contributed by atoms with Crippen molar-refractivity contribution in [2.45, 2.75) is 13.8 Å². The van der Waals surface area contributed by atoms with E-state index in [1.165, 1.54) is 55.6 Å². The average molecular weight is 411 g/mol. The van der Waals surface area contributed by atoms with Gasteiger partial charge in [-0.3, -0.25) is 0 Å². The lowest BCUT2D eigenvalue weighted by atomic mass is 9.92. The molecule has 0 saturated carbocycles. The molecule has 0 heteroatoms. The number of rotatable bonds is 4. The molecule has 32 heavy (non-hydrogen) atoms. The van der Waals surface area contributed by atoms with Gasteiger partial charge in [-0.15, -0.1) is 0 Å². The number of benzene rings is 5. The molecule has 0 radical (unpaired) electrons. The van der Waals surface area contributed by atoms with Crippen LogP contribution in [0.25, 0.3) is 44.5 Å². The summed E-state index contributed by atoms with van der Waals surface area (Å²) in [5, 5.41) is 0. The zero-order chi connectivity index (χ0) is 21.9. The Morgan fingerprint density at radius 2 is 0.875 bits per heavy atom. The van der Waals surface area contributed by atoms with Gasteiger partial charge in [-0.1, -0.05) is 121 Å².